The monoisotopic (exact) mass is 343 g/mol. The summed E-state index contributed by atoms with van der Waals surface area (Å²) in [6.07, 6.45) is 4.96. The van der Waals surface area contributed by atoms with E-state index >= 15 is 0 Å². The first-order valence-electron chi connectivity index (χ1n) is 6.03. The fourth-order valence-electron chi connectivity index (χ4n) is 2.41. The molecule has 0 saturated carbocycles. The van der Waals surface area contributed by atoms with Crippen molar-refractivity contribution in [2.45, 2.75) is 18.4 Å². The number of piperidine rings is 1. The summed E-state index contributed by atoms with van der Waals surface area (Å²) in [6, 6.07) is 0. The number of rotatable bonds is 3. The van der Waals surface area contributed by atoms with Gasteiger partial charge < -0.3 is 14.5 Å². The first-order chi connectivity index (χ1) is 9.12. The molecule has 0 radical (unpaired) electrons. The van der Waals surface area contributed by atoms with Crippen LogP contribution in [0.5, 0.6) is 0 Å². The lowest BCUT2D eigenvalue weighted by atomic mass is 9.89. The Bertz CT molecular complexity index is 475. The van der Waals surface area contributed by atoms with Crippen LogP contribution in [0.25, 0.3) is 4.85 Å². The Morgan fingerprint density at radius 3 is 2.74 bits per heavy atom. The fraction of sp³-hybridized carbons (Fsp3) is 0.538. The van der Waals surface area contributed by atoms with E-state index in [0.717, 1.165) is 36.1 Å². The molecule has 19 heavy (non-hydrogen) atoms. The van der Waals surface area contributed by atoms with Gasteiger partial charge in [0.05, 0.1) is 15.2 Å². The van der Waals surface area contributed by atoms with Gasteiger partial charge in [-0.3, -0.25) is 4.98 Å². The van der Waals surface area contributed by atoms with Crippen molar-refractivity contribution in [3.05, 3.63) is 33.3 Å². The lowest BCUT2D eigenvalue weighted by molar-refractivity contribution is 0.136. The summed E-state index contributed by atoms with van der Waals surface area (Å²) in [7, 11) is 1.65. The summed E-state index contributed by atoms with van der Waals surface area (Å²) in [5.74, 6) is 0. The Hall–Kier alpha value is -0.830. The number of halogens is 2. The minimum Gasteiger partial charge on any atom is -0.376 e. The summed E-state index contributed by atoms with van der Waals surface area (Å²) in [5, 5.41) is 0.636. The molecule has 0 N–H and O–H groups in total. The normalized spacial score (nSPS) is 18.1. The van der Waals surface area contributed by atoms with Gasteiger partial charge in [0.1, 0.15) is 6.61 Å². The van der Waals surface area contributed by atoms with Crippen molar-refractivity contribution in [3.63, 3.8) is 0 Å². The maximum absolute atomic E-state index is 7.38. The second-order valence-electron chi connectivity index (χ2n) is 4.71. The lowest BCUT2D eigenvalue weighted by Gasteiger charge is -2.35. The zero-order valence-electron chi connectivity index (χ0n) is 10.7. The van der Waals surface area contributed by atoms with Gasteiger partial charge in [-0.05, 0) is 15.9 Å². The van der Waals surface area contributed by atoms with Gasteiger partial charge >= 0.3 is 0 Å². The maximum atomic E-state index is 7.38. The molecule has 0 aliphatic carbocycles. The van der Waals surface area contributed by atoms with Crippen molar-refractivity contribution in [1.29, 1.82) is 0 Å². The predicted octanol–water partition coefficient (Wildman–Crippen LogP) is 3.40. The molecule has 1 saturated heterocycles. The molecule has 2 heterocycles. The SMILES string of the molecule is [C-]#[N+]C1(COC)CCN(c2c(Cl)cncc2Br)CC1. The minimum absolute atomic E-state index is 0.378. The number of ether oxygens (including phenoxy) is 1. The molecule has 1 aromatic rings. The molecule has 4 nitrogen and oxygen atoms in total. The van der Waals surface area contributed by atoms with Crippen LogP contribution in [0.2, 0.25) is 5.02 Å². The predicted molar refractivity (Wildman–Crippen MR) is 79.6 cm³/mol. The molecule has 0 aromatic carbocycles. The molecular formula is C13H15BrClN3O. The summed E-state index contributed by atoms with van der Waals surface area (Å²) in [5.41, 5.74) is 0.588. The van der Waals surface area contributed by atoms with Crippen LogP contribution in [-0.4, -0.2) is 37.3 Å². The fourth-order valence-corrected chi connectivity index (χ4v) is 3.38. The smallest absolute Gasteiger partial charge is 0.258 e. The molecule has 6 heteroatoms. The van der Waals surface area contributed by atoms with E-state index < -0.39 is 0 Å². The van der Waals surface area contributed by atoms with Gasteiger partial charge in [0.15, 0.2) is 0 Å². The quantitative estimate of drug-likeness (QED) is 0.787. The zero-order chi connectivity index (χ0) is 13.9. The number of methoxy groups -OCH3 is 1. The molecule has 1 aliphatic rings. The van der Waals surface area contributed by atoms with Crippen LogP contribution < -0.4 is 4.90 Å². The van der Waals surface area contributed by atoms with Crippen LogP contribution in [0, 0.1) is 6.57 Å². The average molecular weight is 345 g/mol. The van der Waals surface area contributed by atoms with Crippen LogP contribution in [0.1, 0.15) is 12.8 Å². The van der Waals surface area contributed by atoms with Gasteiger partial charge in [0.25, 0.3) is 5.54 Å². The van der Waals surface area contributed by atoms with Gasteiger partial charge in [-0.15, -0.1) is 0 Å². The average Bonchev–Trinajstić information content (AvgIpc) is 2.41. The minimum atomic E-state index is -0.378. The number of hydrogen-bond donors (Lipinski definition) is 0. The van der Waals surface area contributed by atoms with Gasteiger partial charge in [-0.1, -0.05) is 11.6 Å². The topological polar surface area (TPSA) is 29.7 Å². The van der Waals surface area contributed by atoms with Crippen molar-refractivity contribution in [2.24, 2.45) is 0 Å². The van der Waals surface area contributed by atoms with E-state index in [4.69, 9.17) is 22.9 Å². The Balaban J connectivity index is 2.14. The van der Waals surface area contributed by atoms with Crippen LogP contribution in [-0.2, 0) is 4.74 Å². The molecule has 0 unspecified atom stereocenters. The Morgan fingerprint density at radius 1 is 1.53 bits per heavy atom. The highest BCUT2D eigenvalue weighted by molar-refractivity contribution is 9.10. The molecule has 0 spiro atoms. The Kier molecular flexibility index (Phi) is 4.67. The molecule has 102 valence electrons. The second kappa shape index (κ2) is 6.08. The van der Waals surface area contributed by atoms with E-state index in [9.17, 15) is 0 Å². The summed E-state index contributed by atoms with van der Waals surface area (Å²) in [6.45, 7) is 9.48. The molecule has 0 amide bonds. The molecule has 1 aliphatic heterocycles. The van der Waals surface area contributed by atoms with Crippen molar-refractivity contribution < 1.29 is 4.74 Å². The van der Waals surface area contributed by atoms with Crippen molar-refractivity contribution in [3.8, 4) is 0 Å². The lowest BCUT2D eigenvalue weighted by Crippen LogP contribution is -2.45. The van der Waals surface area contributed by atoms with Crippen molar-refractivity contribution in [1.82, 2.24) is 4.98 Å². The molecule has 0 atom stereocenters. The number of pyridine rings is 1. The molecule has 0 bridgehead atoms. The van der Waals surface area contributed by atoms with Gasteiger partial charge in [-0.25, -0.2) is 6.57 Å². The third kappa shape index (κ3) is 3.02. The van der Waals surface area contributed by atoms with Gasteiger partial charge in [0, 0.05) is 45.4 Å². The summed E-state index contributed by atoms with van der Waals surface area (Å²) < 4.78 is 6.08. The van der Waals surface area contributed by atoms with E-state index in [-0.39, 0.29) is 5.54 Å². The molecule has 1 aromatic heterocycles. The van der Waals surface area contributed by atoms with E-state index in [1.807, 2.05) is 0 Å². The molecular weight excluding hydrogens is 330 g/mol. The number of aromatic nitrogens is 1. The summed E-state index contributed by atoms with van der Waals surface area (Å²) in [4.78, 5) is 10.0. The highest BCUT2D eigenvalue weighted by atomic mass is 79.9. The second-order valence-corrected chi connectivity index (χ2v) is 5.97. The number of nitrogens with zero attached hydrogens (tertiary/aromatic N) is 3. The molecule has 2 rings (SSSR count). The summed E-state index contributed by atoms with van der Waals surface area (Å²) >= 11 is 9.69. The highest BCUT2D eigenvalue weighted by Crippen LogP contribution is 2.37. The van der Waals surface area contributed by atoms with E-state index in [0.29, 0.717) is 11.6 Å². The van der Waals surface area contributed by atoms with Crippen molar-refractivity contribution in [2.75, 3.05) is 31.7 Å². The first-order valence-corrected chi connectivity index (χ1v) is 7.20. The first kappa shape index (κ1) is 14.6. The van der Waals surface area contributed by atoms with Gasteiger partial charge in [0.2, 0.25) is 0 Å². The van der Waals surface area contributed by atoms with Gasteiger partial charge in [-0.2, -0.15) is 0 Å². The van der Waals surface area contributed by atoms with Crippen LogP contribution >= 0.6 is 27.5 Å². The Morgan fingerprint density at radius 2 is 2.21 bits per heavy atom. The van der Waals surface area contributed by atoms with E-state index in [2.05, 4.69) is 30.7 Å². The highest BCUT2D eigenvalue weighted by Gasteiger charge is 2.41. The van der Waals surface area contributed by atoms with Crippen LogP contribution in [0.4, 0.5) is 5.69 Å². The maximum Gasteiger partial charge on any atom is 0.258 e. The number of anilines is 1. The van der Waals surface area contributed by atoms with E-state index in [1.165, 1.54) is 0 Å². The third-order valence-corrected chi connectivity index (χ3v) is 4.35. The largest absolute Gasteiger partial charge is 0.376 e. The standard InChI is InChI=1S/C13H15BrClN3O/c1-16-13(9-19-2)3-5-18(6-4-13)12-10(14)7-17-8-11(12)15/h7-8H,3-6,9H2,2H3. The van der Waals surface area contributed by atoms with E-state index in [1.54, 1.807) is 19.5 Å². The van der Waals surface area contributed by atoms with Crippen LogP contribution in [0.15, 0.2) is 16.9 Å². The molecule has 1 fully saturated rings. The number of hydrogen-bond acceptors (Lipinski definition) is 3. The Labute approximate surface area is 126 Å². The van der Waals surface area contributed by atoms with Crippen LogP contribution in [0.3, 0.4) is 0 Å². The zero-order valence-corrected chi connectivity index (χ0v) is 13.0. The van der Waals surface area contributed by atoms with Crippen molar-refractivity contribution >= 4 is 33.2 Å². The third-order valence-electron chi connectivity index (χ3n) is 3.49.